The molecule has 0 N–H and O–H groups in total. The molecule has 2 rings (SSSR count). The normalized spacial score (nSPS) is 42.5. The first-order chi connectivity index (χ1) is 5.60. The number of esters is 1. The number of fused-ring (bicyclic) bond motifs is 1. The van der Waals surface area contributed by atoms with Crippen LogP contribution in [0.15, 0.2) is 0 Å². The molecule has 0 radical (unpaired) electrons. The fourth-order valence-electron chi connectivity index (χ4n) is 2.38. The molecule has 2 unspecified atom stereocenters. The maximum atomic E-state index is 11.1. The number of hydrogen-bond donors (Lipinski definition) is 0. The first-order valence-corrected chi connectivity index (χ1v) is 4.48. The Labute approximate surface area is 72.7 Å². The minimum Gasteiger partial charge on any atom is -0.462 e. The summed E-state index contributed by atoms with van der Waals surface area (Å²) in [7, 11) is 2.10. The summed E-state index contributed by atoms with van der Waals surface area (Å²) in [5, 5.41) is 0. The highest BCUT2D eigenvalue weighted by Crippen LogP contribution is 2.40. The Morgan fingerprint density at radius 1 is 1.67 bits per heavy atom. The lowest BCUT2D eigenvalue weighted by Gasteiger charge is -2.38. The summed E-state index contributed by atoms with van der Waals surface area (Å²) < 4.78 is 5.25. The van der Waals surface area contributed by atoms with Gasteiger partial charge in [-0.2, -0.15) is 0 Å². The Morgan fingerprint density at radius 2 is 2.42 bits per heavy atom. The van der Waals surface area contributed by atoms with Crippen molar-refractivity contribution in [2.75, 3.05) is 20.1 Å². The molecule has 0 aromatic carbocycles. The van der Waals surface area contributed by atoms with Crippen LogP contribution in [0.5, 0.6) is 0 Å². The van der Waals surface area contributed by atoms with E-state index < -0.39 is 0 Å². The lowest BCUT2D eigenvalue weighted by Crippen LogP contribution is -2.46. The molecule has 0 spiro atoms. The molecule has 0 aliphatic carbocycles. The topological polar surface area (TPSA) is 29.5 Å². The lowest BCUT2D eigenvalue weighted by atomic mass is 9.79. The van der Waals surface area contributed by atoms with Crippen LogP contribution in [0.3, 0.4) is 0 Å². The molecule has 0 saturated carbocycles. The Morgan fingerprint density at radius 3 is 3.17 bits per heavy atom. The molecule has 0 amide bonds. The van der Waals surface area contributed by atoms with Gasteiger partial charge in [-0.3, -0.25) is 4.79 Å². The van der Waals surface area contributed by atoms with Crippen LogP contribution in [0, 0.1) is 5.41 Å². The second kappa shape index (κ2) is 2.46. The van der Waals surface area contributed by atoms with Crippen LogP contribution in [0.2, 0.25) is 0 Å². The third-order valence-corrected chi connectivity index (χ3v) is 3.00. The molecule has 3 heteroatoms. The number of likely N-dealkylation sites (tertiary alicyclic amines) is 1. The lowest BCUT2D eigenvalue weighted by molar-refractivity contribution is -0.142. The Bertz CT molecular complexity index is 217. The van der Waals surface area contributed by atoms with E-state index in [1.54, 1.807) is 0 Å². The third-order valence-electron chi connectivity index (χ3n) is 3.00. The van der Waals surface area contributed by atoms with Crippen LogP contribution in [0.4, 0.5) is 0 Å². The Balaban J connectivity index is 2.16. The first-order valence-electron chi connectivity index (χ1n) is 4.48. The van der Waals surface area contributed by atoms with Crippen molar-refractivity contribution in [3.63, 3.8) is 0 Å². The van der Waals surface area contributed by atoms with Gasteiger partial charge in [0.2, 0.25) is 0 Å². The third kappa shape index (κ3) is 1.12. The number of carbonyl (C=O) groups excluding carboxylic acids is 1. The number of nitrogens with zero attached hydrogens (tertiary/aromatic N) is 1. The summed E-state index contributed by atoms with van der Waals surface area (Å²) in [5.74, 6) is -0.0159. The van der Waals surface area contributed by atoms with Crippen LogP contribution in [0.25, 0.3) is 0 Å². The van der Waals surface area contributed by atoms with Crippen molar-refractivity contribution in [3.8, 4) is 0 Å². The van der Waals surface area contributed by atoms with E-state index >= 15 is 0 Å². The summed E-state index contributed by atoms with van der Waals surface area (Å²) >= 11 is 0. The zero-order valence-corrected chi connectivity index (χ0v) is 7.67. The van der Waals surface area contributed by atoms with Crippen molar-refractivity contribution in [3.05, 3.63) is 0 Å². The number of carbonyl (C=O) groups is 1. The molecule has 2 heterocycles. The van der Waals surface area contributed by atoms with Crippen molar-refractivity contribution in [2.24, 2.45) is 5.41 Å². The van der Waals surface area contributed by atoms with Gasteiger partial charge in [0.05, 0.1) is 6.42 Å². The molecule has 2 aliphatic rings. The van der Waals surface area contributed by atoms with Gasteiger partial charge in [-0.25, -0.2) is 0 Å². The summed E-state index contributed by atoms with van der Waals surface area (Å²) in [6.07, 6.45) is 1.78. The minimum atomic E-state index is -0.0159. The van der Waals surface area contributed by atoms with E-state index in [1.165, 1.54) is 0 Å². The fourth-order valence-corrected chi connectivity index (χ4v) is 2.38. The Kier molecular flexibility index (Phi) is 1.65. The van der Waals surface area contributed by atoms with E-state index in [0.717, 1.165) is 19.5 Å². The van der Waals surface area contributed by atoms with Gasteiger partial charge in [0.1, 0.15) is 6.10 Å². The van der Waals surface area contributed by atoms with Crippen molar-refractivity contribution in [1.82, 2.24) is 4.90 Å². The quantitative estimate of drug-likeness (QED) is 0.498. The smallest absolute Gasteiger partial charge is 0.306 e. The maximum Gasteiger partial charge on any atom is 0.306 e. The summed E-state index contributed by atoms with van der Waals surface area (Å²) in [5.41, 5.74) is 0.0874. The average molecular weight is 169 g/mol. The number of piperidine rings is 1. The van der Waals surface area contributed by atoms with Gasteiger partial charge in [0.15, 0.2) is 0 Å². The fraction of sp³-hybridized carbons (Fsp3) is 0.889. The van der Waals surface area contributed by atoms with Crippen LogP contribution >= 0.6 is 0 Å². The van der Waals surface area contributed by atoms with Crippen molar-refractivity contribution in [1.29, 1.82) is 0 Å². The predicted molar refractivity (Wildman–Crippen MR) is 44.7 cm³/mol. The molecule has 0 aromatic rings. The van der Waals surface area contributed by atoms with Gasteiger partial charge < -0.3 is 9.64 Å². The van der Waals surface area contributed by atoms with E-state index in [0.29, 0.717) is 6.42 Å². The van der Waals surface area contributed by atoms with Gasteiger partial charge >= 0.3 is 5.97 Å². The van der Waals surface area contributed by atoms with Crippen LogP contribution in [-0.2, 0) is 9.53 Å². The van der Waals surface area contributed by atoms with E-state index in [1.807, 2.05) is 0 Å². The largest absolute Gasteiger partial charge is 0.462 e. The van der Waals surface area contributed by atoms with Crippen molar-refractivity contribution < 1.29 is 9.53 Å². The highest BCUT2D eigenvalue weighted by atomic mass is 16.6. The van der Waals surface area contributed by atoms with Gasteiger partial charge in [0.25, 0.3) is 0 Å². The molecule has 0 bridgehead atoms. The molecule has 0 aromatic heterocycles. The number of hydrogen-bond acceptors (Lipinski definition) is 3. The second-order valence-corrected chi connectivity index (χ2v) is 4.34. The van der Waals surface area contributed by atoms with Crippen LogP contribution in [0.1, 0.15) is 19.8 Å². The average Bonchev–Trinajstić information content (AvgIpc) is 2.22. The second-order valence-electron chi connectivity index (χ2n) is 4.34. The zero-order valence-electron chi connectivity index (χ0n) is 7.67. The monoisotopic (exact) mass is 169 g/mol. The molecule has 3 nitrogen and oxygen atoms in total. The SMILES string of the molecule is CN1CCC2OC(=O)CC2(C)C1. The van der Waals surface area contributed by atoms with Crippen molar-refractivity contribution >= 4 is 5.97 Å². The molecule has 2 saturated heterocycles. The number of rotatable bonds is 0. The van der Waals surface area contributed by atoms with Crippen molar-refractivity contribution in [2.45, 2.75) is 25.9 Å². The summed E-state index contributed by atoms with van der Waals surface area (Å²) in [6.45, 7) is 4.19. The Hall–Kier alpha value is -0.570. The molecule has 2 atom stereocenters. The maximum absolute atomic E-state index is 11.1. The van der Waals surface area contributed by atoms with E-state index in [-0.39, 0.29) is 17.5 Å². The van der Waals surface area contributed by atoms with Gasteiger partial charge in [0, 0.05) is 18.5 Å². The van der Waals surface area contributed by atoms with Gasteiger partial charge in [-0.05, 0) is 13.5 Å². The molecule has 2 fully saturated rings. The standard InChI is InChI=1S/C9H15NO2/c1-9-5-8(11)12-7(9)3-4-10(2)6-9/h7H,3-6H2,1-2H3. The molecular weight excluding hydrogens is 154 g/mol. The van der Waals surface area contributed by atoms with E-state index in [2.05, 4.69) is 18.9 Å². The number of ether oxygens (including phenoxy) is 1. The van der Waals surface area contributed by atoms with E-state index in [9.17, 15) is 4.79 Å². The molecular formula is C9H15NO2. The van der Waals surface area contributed by atoms with Gasteiger partial charge in [-0.1, -0.05) is 6.92 Å². The zero-order chi connectivity index (χ0) is 8.77. The predicted octanol–water partition coefficient (Wildman–Crippen LogP) is 0.644. The van der Waals surface area contributed by atoms with Crippen LogP contribution < -0.4 is 0 Å². The summed E-state index contributed by atoms with van der Waals surface area (Å²) in [4.78, 5) is 13.4. The molecule has 68 valence electrons. The first kappa shape index (κ1) is 8.05. The van der Waals surface area contributed by atoms with Crippen LogP contribution in [-0.4, -0.2) is 37.1 Å². The molecule has 12 heavy (non-hydrogen) atoms. The highest BCUT2D eigenvalue weighted by molar-refractivity contribution is 5.73. The molecule has 2 aliphatic heterocycles. The summed E-state index contributed by atoms with van der Waals surface area (Å²) in [6, 6.07) is 0. The van der Waals surface area contributed by atoms with E-state index in [4.69, 9.17) is 4.74 Å². The van der Waals surface area contributed by atoms with Gasteiger partial charge in [-0.15, -0.1) is 0 Å². The minimum absolute atomic E-state index is 0.0159. The highest BCUT2D eigenvalue weighted by Gasteiger charge is 2.47.